The third-order valence-electron chi connectivity index (χ3n) is 4.26. The lowest BCUT2D eigenvalue weighted by atomic mass is 9.93. The monoisotopic (exact) mass is 340 g/mol. The maximum Gasteiger partial charge on any atom is 0.0732 e. The van der Waals surface area contributed by atoms with Gasteiger partial charge in [-0.15, -0.1) is 0 Å². The Balaban J connectivity index is 1.90. The van der Waals surface area contributed by atoms with Gasteiger partial charge in [-0.1, -0.05) is 40.2 Å². The number of para-hydroxylation sites is 1. The molecule has 21 heavy (non-hydrogen) atoms. The Bertz CT molecular complexity index is 799. The fraction of sp³-hybridized carbons (Fsp3) is 0.222. The van der Waals surface area contributed by atoms with Crippen molar-refractivity contribution in [2.75, 3.05) is 6.54 Å². The number of benzene rings is 2. The van der Waals surface area contributed by atoms with E-state index in [4.69, 9.17) is 0 Å². The topological polar surface area (TPSA) is 27.8 Å². The number of H-pyrrole nitrogens is 1. The molecule has 0 saturated carbocycles. The summed E-state index contributed by atoms with van der Waals surface area (Å²) < 4.78 is 1.14. The van der Waals surface area contributed by atoms with Crippen LogP contribution in [0.15, 0.2) is 46.9 Å². The molecule has 0 radical (unpaired) electrons. The molecule has 3 heteroatoms. The Labute approximate surface area is 132 Å². The zero-order valence-corrected chi connectivity index (χ0v) is 13.5. The molecule has 2 nitrogen and oxygen atoms in total. The van der Waals surface area contributed by atoms with Crippen LogP contribution in [-0.2, 0) is 6.42 Å². The Hall–Kier alpha value is -1.58. The summed E-state index contributed by atoms with van der Waals surface area (Å²) >= 11 is 3.62. The number of aryl methyl sites for hydroxylation is 1. The van der Waals surface area contributed by atoms with Crippen LogP contribution in [0.5, 0.6) is 0 Å². The molecule has 0 fully saturated rings. The van der Waals surface area contributed by atoms with Crippen molar-refractivity contribution in [3.63, 3.8) is 0 Å². The summed E-state index contributed by atoms with van der Waals surface area (Å²) in [5, 5.41) is 5.02. The second-order valence-corrected chi connectivity index (χ2v) is 6.68. The van der Waals surface area contributed by atoms with E-state index in [1.807, 2.05) is 0 Å². The van der Waals surface area contributed by atoms with Crippen LogP contribution in [0.25, 0.3) is 10.9 Å². The lowest BCUT2D eigenvalue weighted by Gasteiger charge is -2.25. The molecule has 2 N–H and O–H groups in total. The molecule has 2 aromatic carbocycles. The summed E-state index contributed by atoms with van der Waals surface area (Å²) in [6.07, 6.45) is 1.09. The molecule has 106 valence electrons. The first-order valence-electron chi connectivity index (χ1n) is 7.32. The van der Waals surface area contributed by atoms with Crippen LogP contribution in [0.4, 0.5) is 0 Å². The van der Waals surface area contributed by atoms with E-state index in [-0.39, 0.29) is 6.04 Å². The maximum absolute atomic E-state index is 3.65. The van der Waals surface area contributed by atoms with E-state index in [0.29, 0.717) is 0 Å². The lowest BCUT2D eigenvalue weighted by molar-refractivity contribution is 0.560. The smallest absolute Gasteiger partial charge is 0.0732 e. The highest BCUT2D eigenvalue weighted by Gasteiger charge is 2.25. The van der Waals surface area contributed by atoms with Gasteiger partial charge in [-0.3, -0.25) is 0 Å². The van der Waals surface area contributed by atoms with Crippen molar-refractivity contribution < 1.29 is 0 Å². The van der Waals surface area contributed by atoms with Crippen molar-refractivity contribution in [1.82, 2.24) is 10.3 Å². The van der Waals surface area contributed by atoms with E-state index in [0.717, 1.165) is 17.4 Å². The zero-order chi connectivity index (χ0) is 14.4. The third kappa shape index (κ3) is 2.21. The average Bonchev–Trinajstić information content (AvgIpc) is 2.84. The minimum Gasteiger partial charge on any atom is -0.357 e. The van der Waals surface area contributed by atoms with Crippen LogP contribution in [0.1, 0.15) is 28.4 Å². The van der Waals surface area contributed by atoms with E-state index in [1.165, 1.54) is 33.3 Å². The summed E-state index contributed by atoms with van der Waals surface area (Å²) in [5.74, 6) is 0. The second-order valence-electron chi connectivity index (χ2n) is 5.76. The predicted molar refractivity (Wildman–Crippen MR) is 90.7 cm³/mol. The van der Waals surface area contributed by atoms with Crippen molar-refractivity contribution >= 4 is 26.8 Å². The van der Waals surface area contributed by atoms with Crippen LogP contribution >= 0.6 is 15.9 Å². The van der Waals surface area contributed by atoms with Gasteiger partial charge in [-0.05, 0) is 48.2 Å². The first-order valence-corrected chi connectivity index (χ1v) is 8.11. The summed E-state index contributed by atoms with van der Waals surface area (Å²) in [4.78, 5) is 3.63. The van der Waals surface area contributed by atoms with Gasteiger partial charge in [-0.2, -0.15) is 0 Å². The Morgan fingerprint density at radius 1 is 1.14 bits per heavy atom. The maximum atomic E-state index is 3.65. The Morgan fingerprint density at radius 2 is 2.00 bits per heavy atom. The molecule has 0 bridgehead atoms. The molecular weight excluding hydrogens is 324 g/mol. The normalized spacial score (nSPS) is 17.9. The quantitative estimate of drug-likeness (QED) is 0.671. The van der Waals surface area contributed by atoms with Crippen molar-refractivity contribution in [3.8, 4) is 0 Å². The number of rotatable bonds is 1. The number of aromatic nitrogens is 1. The minimum atomic E-state index is 0.248. The molecule has 4 rings (SSSR count). The lowest BCUT2D eigenvalue weighted by Crippen LogP contribution is -2.30. The van der Waals surface area contributed by atoms with E-state index < -0.39 is 0 Å². The van der Waals surface area contributed by atoms with Crippen molar-refractivity contribution in [1.29, 1.82) is 0 Å². The highest BCUT2D eigenvalue weighted by Crippen LogP contribution is 2.34. The molecule has 3 aromatic rings. The van der Waals surface area contributed by atoms with E-state index >= 15 is 0 Å². The van der Waals surface area contributed by atoms with E-state index in [9.17, 15) is 0 Å². The first-order chi connectivity index (χ1) is 10.2. The molecule has 1 aliphatic heterocycles. The van der Waals surface area contributed by atoms with Crippen molar-refractivity contribution in [2.45, 2.75) is 19.4 Å². The highest BCUT2D eigenvalue weighted by atomic mass is 79.9. The van der Waals surface area contributed by atoms with Crippen LogP contribution in [0, 0.1) is 6.92 Å². The van der Waals surface area contributed by atoms with Gasteiger partial charge in [0.1, 0.15) is 0 Å². The first kappa shape index (κ1) is 13.1. The second kappa shape index (κ2) is 5.00. The third-order valence-corrected chi connectivity index (χ3v) is 4.71. The van der Waals surface area contributed by atoms with Gasteiger partial charge in [0, 0.05) is 27.6 Å². The molecule has 0 saturated heterocycles. The summed E-state index contributed by atoms with van der Waals surface area (Å²) in [6.45, 7) is 3.16. The van der Waals surface area contributed by atoms with Crippen molar-refractivity contribution in [2.24, 2.45) is 0 Å². The van der Waals surface area contributed by atoms with Crippen LogP contribution in [0.3, 0.4) is 0 Å². The fourth-order valence-electron chi connectivity index (χ4n) is 3.40. The molecule has 0 aliphatic carbocycles. The van der Waals surface area contributed by atoms with Crippen LogP contribution < -0.4 is 5.32 Å². The fourth-order valence-corrected chi connectivity index (χ4v) is 4.02. The number of halogens is 1. The largest absolute Gasteiger partial charge is 0.357 e. The summed E-state index contributed by atoms with van der Waals surface area (Å²) in [6, 6.07) is 15.5. The summed E-state index contributed by atoms with van der Waals surface area (Å²) in [5.41, 5.74) is 6.62. The molecule has 1 aromatic heterocycles. The molecule has 1 aliphatic rings. The molecular formula is C18H17BrN2. The molecule has 0 amide bonds. The average molecular weight is 341 g/mol. The van der Waals surface area contributed by atoms with Gasteiger partial charge in [0.15, 0.2) is 0 Å². The predicted octanol–water partition coefficient (Wildman–Crippen LogP) is 4.47. The zero-order valence-electron chi connectivity index (χ0n) is 11.9. The van der Waals surface area contributed by atoms with Gasteiger partial charge < -0.3 is 10.3 Å². The number of nitrogens with one attached hydrogen (secondary N) is 2. The standard InChI is InChI=1S/C18H17BrN2/c1-11-8-12(10-13(19)9-11)17-18-15(6-7-20-17)14-4-2-3-5-16(14)21-18/h2-5,8-10,17,20-21H,6-7H2,1H3. The number of aromatic amines is 1. The molecule has 1 atom stereocenters. The molecule has 0 spiro atoms. The minimum absolute atomic E-state index is 0.248. The van der Waals surface area contributed by atoms with E-state index in [1.54, 1.807) is 0 Å². The molecule has 1 unspecified atom stereocenters. The van der Waals surface area contributed by atoms with Crippen LogP contribution in [0.2, 0.25) is 0 Å². The van der Waals surface area contributed by atoms with Gasteiger partial charge in [0.05, 0.1) is 6.04 Å². The SMILES string of the molecule is Cc1cc(Br)cc(C2NCCc3c2[nH]c2ccccc32)c1. The van der Waals surface area contributed by atoms with Gasteiger partial charge in [0.25, 0.3) is 0 Å². The van der Waals surface area contributed by atoms with Gasteiger partial charge in [0.2, 0.25) is 0 Å². The van der Waals surface area contributed by atoms with Crippen molar-refractivity contribution in [3.05, 3.63) is 69.3 Å². The Morgan fingerprint density at radius 3 is 2.86 bits per heavy atom. The number of hydrogen-bond acceptors (Lipinski definition) is 1. The number of fused-ring (bicyclic) bond motifs is 3. The van der Waals surface area contributed by atoms with Gasteiger partial charge >= 0.3 is 0 Å². The molecule has 2 heterocycles. The van der Waals surface area contributed by atoms with E-state index in [2.05, 4.69) is 75.6 Å². The highest BCUT2D eigenvalue weighted by molar-refractivity contribution is 9.10. The number of hydrogen-bond donors (Lipinski definition) is 2. The summed E-state index contributed by atoms with van der Waals surface area (Å²) in [7, 11) is 0. The Kier molecular flexibility index (Phi) is 3.12. The van der Waals surface area contributed by atoms with Gasteiger partial charge in [-0.25, -0.2) is 0 Å². The van der Waals surface area contributed by atoms with Crippen LogP contribution in [-0.4, -0.2) is 11.5 Å².